The van der Waals surface area contributed by atoms with E-state index in [4.69, 9.17) is 0 Å². The minimum Gasteiger partial charge on any atom is -0.352 e. The van der Waals surface area contributed by atoms with Gasteiger partial charge in [0.2, 0.25) is 0 Å². The van der Waals surface area contributed by atoms with Gasteiger partial charge in [-0.3, -0.25) is 0 Å². The Morgan fingerprint density at radius 3 is 2.84 bits per heavy atom. The fourth-order valence-corrected chi connectivity index (χ4v) is 2.72. The number of fused-ring (bicyclic) bond motifs is 1. The molecule has 0 amide bonds. The zero-order valence-corrected chi connectivity index (χ0v) is 11.3. The first kappa shape index (κ1) is 12.2. The van der Waals surface area contributed by atoms with Crippen LogP contribution in [0.15, 0.2) is 42.6 Å². The standard InChI is InChI=1S/C16H19N3/c1-17-11-14-7-4-9-18-16(14)19-10-8-13-5-2-3-6-15(13)12-19/h2-7,9,17H,8,10-12H2,1H3. The van der Waals surface area contributed by atoms with E-state index in [-0.39, 0.29) is 0 Å². The van der Waals surface area contributed by atoms with Gasteiger partial charge in [0, 0.05) is 31.4 Å². The van der Waals surface area contributed by atoms with E-state index in [1.807, 2.05) is 19.3 Å². The summed E-state index contributed by atoms with van der Waals surface area (Å²) < 4.78 is 0. The lowest BCUT2D eigenvalue weighted by Gasteiger charge is -2.31. The molecule has 2 heterocycles. The van der Waals surface area contributed by atoms with Crippen LogP contribution in [0.1, 0.15) is 16.7 Å². The van der Waals surface area contributed by atoms with Gasteiger partial charge in [-0.2, -0.15) is 0 Å². The Hall–Kier alpha value is -1.87. The van der Waals surface area contributed by atoms with E-state index in [0.29, 0.717) is 0 Å². The van der Waals surface area contributed by atoms with E-state index in [1.54, 1.807) is 0 Å². The maximum atomic E-state index is 4.58. The van der Waals surface area contributed by atoms with Gasteiger partial charge in [0.25, 0.3) is 0 Å². The molecule has 19 heavy (non-hydrogen) atoms. The number of hydrogen-bond donors (Lipinski definition) is 1. The minimum atomic E-state index is 0.862. The summed E-state index contributed by atoms with van der Waals surface area (Å²) in [6, 6.07) is 12.9. The van der Waals surface area contributed by atoms with Crippen molar-refractivity contribution in [3.63, 3.8) is 0 Å². The van der Waals surface area contributed by atoms with Crippen molar-refractivity contribution in [2.24, 2.45) is 0 Å². The lowest BCUT2D eigenvalue weighted by Crippen LogP contribution is -2.32. The first-order valence-electron chi connectivity index (χ1n) is 6.78. The number of nitrogens with zero attached hydrogens (tertiary/aromatic N) is 2. The third-order valence-electron chi connectivity index (χ3n) is 3.66. The topological polar surface area (TPSA) is 28.2 Å². The molecule has 98 valence electrons. The summed E-state index contributed by atoms with van der Waals surface area (Å²) in [5.74, 6) is 1.12. The molecular formula is C16H19N3. The Bertz CT molecular complexity index is 565. The molecule has 3 heteroatoms. The molecule has 1 N–H and O–H groups in total. The molecule has 1 aliphatic heterocycles. The van der Waals surface area contributed by atoms with Crippen LogP contribution in [0.25, 0.3) is 0 Å². The van der Waals surface area contributed by atoms with Crippen molar-refractivity contribution in [1.29, 1.82) is 0 Å². The number of hydrogen-bond acceptors (Lipinski definition) is 3. The molecule has 2 aromatic rings. The SMILES string of the molecule is CNCc1cccnc1N1CCc2ccccc2C1. The van der Waals surface area contributed by atoms with Crippen LogP contribution >= 0.6 is 0 Å². The van der Waals surface area contributed by atoms with Gasteiger partial charge in [0.05, 0.1) is 0 Å². The molecule has 1 aliphatic rings. The Labute approximate surface area is 114 Å². The molecule has 0 saturated carbocycles. The third kappa shape index (κ3) is 2.47. The largest absolute Gasteiger partial charge is 0.352 e. The van der Waals surface area contributed by atoms with Crippen molar-refractivity contribution in [3.05, 3.63) is 59.3 Å². The van der Waals surface area contributed by atoms with Crippen LogP contribution in [0.4, 0.5) is 5.82 Å². The first-order valence-corrected chi connectivity index (χ1v) is 6.78. The number of rotatable bonds is 3. The molecule has 0 radical (unpaired) electrons. The molecule has 0 spiro atoms. The molecular weight excluding hydrogens is 234 g/mol. The van der Waals surface area contributed by atoms with Gasteiger partial charge in [-0.25, -0.2) is 4.98 Å². The quantitative estimate of drug-likeness (QED) is 0.910. The van der Waals surface area contributed by atoms with Gasteiger partial charge in [0.15, 0.2) is 0 Å². The maximum Gasteiger partial charge on any atom is 0.133 e. The number of nitrogens with one attached hydrogen (secondary N) is 1. The Morgan fingerprint density at radius 1 is 1.16 bits per heavy atom. The third-order valence-corrected chi connectivity index (χ3v) is 3.66. The normalized spacial score (nSPS) is 14.3. The van der Waals surface area contributed by atoms with Gasteiger partial charge >= 0.3 is 0 Å². The van der Waals surface area contributed by atoms with Crippen molar-refractivity contribution < 1.29 is 0 Å². The van der Waals surface area contributed by atoms with Crippen molar-refractivity contribution in [1.82, 2.24) is 10.3 Å². The first-order chi connectivity index (χ1) is 9.38. The summed E-state index contributed by atoms with van der Waals surface area (Å²) >= 11 is 0. The molecule has 3 rings (SSSR count). The lowest BCUT2D eigenvalue weighted by molar-refractivity contribution is 0.707. The Balaban J connectivity index is 1.89. The lowest BCUT2D eigenvalue weighted by atomic mass is 9.99. The van der Waals surface area contributed by atoms with Crippen molar-refractivity contribution in [2.75, 3.05) is 18.5 Å². The minimum absolute atomic E-state index is 0.862. The summed E-state index contributed by atoms with van der Waals surface area (Å²) in [4.78, 5) is 6.96. The van der Waals surface area contributed by atoms with E-state index >= 15 is 0 Å². The van der Waals surface area contributed by atoms with Gasteiger partial charge in [-0.1, -0.05) is 30.3 Å². The van der Waals surface area contributed by atoms with Crippen LogP contribution < -0.4 is 10.2 Å². The maximum absolute atomic E-state index is 4.58. The predicted octanol–water partition coefficient (Wildman–Crippen LogP) is 2.36. The van der Waals surface area contributed by atoms with E-state index < -0.39 is 0 Å². The highest BCUT2D eigenvalue weighted by atomic mass is 15.2. The van der Waals surface area contributed by atoms with E-state index in [0.717, 1.165) is 31.9 Å². The van der Waals surface area contributed by atoms with Crippen LogP contribution in [0, 0.1) is 0 Å². The second-order valence-electron chi connectivity index (χ2n) is 4.96. The zero-order valence-electron chi connectivity index (χ0n) is 11.3. The van der Waals surface area contributed by atoms with Crippen LogP contribution in [-0.4, -0.2) is 18.6 Å². The number of aromatic nitrogens is 1. The van der Waals surface area contributed by atoms with Gasteiger partial charge in [-0.05, 0) is 30.7 Å². The summed E-state index contributed by atoms with van der Waals surface area (Å²) in [6.45, 7) is 2.87. The predicted molar refractivity (Wildman–Crippen MR) is 78.2 cm³/mol. The summed E-state index contributed by atoms with van der Waals surface area (Å²) in [5, 5.41) is 3.22. The molecule has 0 aliphatic carbocycles. The smallest absolute Gasteiger partial charge is 0.133 e. The fourth-order valence-electron chi connectivity index (χ4n) is 2.72. The second-order valence-corrected chi connectivity index (χ2v) is 4.96. The summed E-state index contributed by atoms with van der Waals surface area (Å²) in [7, 11) is 1.97. The van der Waals surface area contributed by atoms with Crippen LogP contribution in [0.2, 0.25) is 0 Å². The molecule has 0 fully saturated rings. The van der Waals surface area contributed by atoms with E-state index in [2.05, 4.69) is 45.5 Å². The zero-order chi connectivity index (χ0) is 13.1. The highest BCUT2D eigenvalue weighted by Gasteiger charge is 2.18. The van der Waals surface area contributed by atoms with Crippen molar-refractivity contribution in [2.45, 2.75) is 19.5 Å². The highest BCUT2D eigenvalue weighted by Crippen LogP contribution is 2.25. The Kier molecular flexibility index (Phi) is 3.47. The van der Waals surface area contributed by atoms with Gasteiger partial charge in [0.1, 0.15) is 5.82 Å². The van der Waals surface area contributed by atoms with Crippen LogP contribution in [0.3, 0.4) is 0 Å². The molecule has 3 nitrogen and oxygen atoms in total. The second kappa shape index (κ2) is 5.41. The van der Waals surface area contributed by atoms with Crippen molar-refractivity contribution >= 4 is 5.82 Å². The summed E-state index contributed by atoms with van der Waals surface area (Å²) in [5.41, 5.74) is 4.17. The van der Waals surface area contributed by atoms with E-state index in [1.165, 1.54) is 16.7 Å². The van der Waals surface area contributed by atoms with Crippen LogP contribution in [0.5, 0.6) is 0 Å². The molecule has 0 saturated heterocycles. The number of pyridine rings is 1. The van der Waals surface area contributed by atoms with Crippen molar-refractivity contribution in [3.8, 4) is 0 Å². The van der Waals surface area contributed by atoms with E-state index in [9.17, 15) is 0 Å². The number of anilines is 1. The fraction of sp³-hybridized carbons (Fsp3) is 0.312. The summed E-state index contributed by atoms with van der Waals surface area (Å²) in [6.07, 6.45) is 2.99. The molecule has 0 unspecified atom stereocenters. The Morgan fingerprint density at radius 2 is 2.00 bits per heavy atom. The molecule has 0 atom stereocenters. The molecule has 1 aromatic heterocycles. The van der Waals surface area contributed by atoms with Crippen LogP contribution in [-0.2, 0) is 19.5 Å². The van der Waals surface area contributed by atoms with Gasteiger partial charge < -0.3 is 10.2 Å². The molecule has 0 bridgehead atoms. The molecule has 1 aromatic carbocycles. The average molecular weight is 253 g/mol. The average Bonchev–Trinajstić information content (AvgIpc) is 2.48. The van der Waals surface area contributed by atoms with Gasteiger partial charge in [-0.15, -0.1) is 0 Å². The number of benzene rings is 1. The monoisotopic (exact) mass is 253 g/mol. The highest BCUT2D eigenvalue weighted by molar-refractivity contribution is 5.49.